The topological polar surface area (TPSA) is 21.3 Å². The van der Waals surface area contributed by atoms with Gasteiger partial charge in [-0.15, -0.1) is 0 Å². The van der Waals surface area contributed by atoms with E-state index in [0.717, 1.165) is 31.4 Å². The van der Waals surface area contributed by atoms with Crippen LogP contribution < -0.4 is 5.32 Å². The standard InChI is InChI=1S/C16H24FNO/c1-4-16(3)11-15(9-10-19-16)18-12(2)13-5-7-14(17)8-6-13/h5-8,12,15,18H,4,9-11H2,1-3H3/t12-,15?,16?/m0/s1. The third kappa shape index (κ3) is 3.77. The number of hydrogen-bond donors (Lipinski definition) is 1. The predicted molar refractivity (Wildman–Crippen MR) is 75.6 cm³/mol. The van der Waals surface area contributed by atoms with Crippen LogP contribution in [-0.4, -0.2) is 18.2 Å². The van der Waals surface area contributed by atoms with Gasteiger partial charge in [0.05, 0.1) is 5.60 Å². The molecule has 0 aromatic heterocycles. The van der Waals surface area contributed by atoms with Gasteiger partial charge in [0.15, 0.2) is 0 Å². The molecule has 1 aromatic carbocycles. The second-order valence-corrected chi connectivity index (χ2v) is 5.78. The van der Waals surface area contributed by atoms with Gasteiger partial charge in [0.1, 0.15) is 5.82 Å². The fourth-order valence-corrected chi connectivity index (χ4v) is 2.72. The van der Waals surface area contributed by atoms with Gasteiger partial charge in [-0.25, -0.2) is 4.39 Å². The van der Waals surface area contributed by atoms with Gasteiger partial charge in [-0.3, -0.25) is 0 Å². The smallest absolute Gasteiger partial charge is 0.123 e. The molecular weight excluding hydrogens is 241 g/mol. The van der Waals surface area contributed by atoms with E-state index >= 15 is 0 Å². The summed E-state index contributed by atoms with van der Waals surface area (Å²) in [6, 6.07) is 7.46. The zero-order valence-electron chi connectivity index (χ0n) is 12.1. The Hall–Kier alpha value is -0.930. The predicted octanol–water partition coefficient (Wildman–Crippen LogP) is 3.82. The summed E-state index contributed by atoms with van der Waals surface area (Å²) in [7, 11) is 0. The first-order valence-electron chi connectivity index (χ1n) is 7.18. The molecule has 19 heavy (non-hydrogen) atoms. The van der Waals surface area contributed by atoms with Crippen molar-refractivity contribution >= 4 is 0 Å². The van der Waals surface area contributed by atoms with E-state index in [2.05, 4.69) is 26.1 Å². The monoisotopic (exact) mass is 265 g/mol. The lowest BCUT2D eigenvalue weighted by molar-refractivity contribution is -0.0789. The summed E-state index contributed by atoms with van der Waals surface area (Å²) in [6.45, 7) is 7.30. The molecule has 1 heterocycles. The highest BCUT2D eigenvalue weighted by Crippen LogP contribution is 2.29. The summed E-state index contributed by atoms with van der Waals surface area (Å²) in [6.07, 6.45) is 3.12. The van der Waals surface area contributed by atoms with Gasteiger partial charge < -0.3 is 10.1 Å². The van der Waals surface area contributed by atoms with Crippen LogP contribution in [0.25, 0.3) is 0 Å². The summed E-state index contributed by atoms with van der Waals surface area (Å²) in [5, 5.41) is 3.64. The van der Waals surface area contributed by atoms with E-state index in [1.54, 1.807) is 0 Å². The van der Waals surface area contributed by atoms with E-state index in [1.165, 1.54) is 12.1 Å². The fourth-order valence-electron chi connectivity index (χ4n) is 2.72. The number of hydrogen-bond acceptors (Lipinski definition) is 2. The summed E-state index contributed by atoms with van der Waals surface area (Å²) >= 11 is 0. The molecule has 0 amide bonds. The van der Waals surface area contributed by atoms with Crippen LogP contribution in [0.1, 0.15) is 51.6 Å². The highest BCUT2D eigenvalue weighted by Gasteiger charge is 2.32. The van der Waals surface area contributed by atoms with Crippen LogP contribution in [0.4, 0.5) is 4.39 Å². The van der Waals surface area contributed by atoms with Crippen LogP contribution in [0.2, 0.25) is 0 Å². The van der Waals surface area contributed by atoms with Crippen LogP contribution in [0.3, 0.4) is 0 Å². The van der Waals surface area contributed by atoms with E-state index in [9.17, 15) is 4.39 Å². The van der Waals surface area contributed by atoms with Gasteiger partial charge in [0, 0.05) is 18.7 Å². The van der Waals surface area contributed by atoms with Crippen LogP contribution >= 0.6 is 0 Å². The molecule has 3 atom stereocenters. The first kappa shape index (κ1) is 14.5. The van der Waals surface area contributed by atoms with Crippen molar-refractivity contribution in [1.82, 2.24) is 5.32 Å². The summed E-state index contributed by atoms with van der Waals surface area (Å²) in [4.78, 5) is 0. The molecule has 1 N–H and O–H groups in total. The number of rotatable bonds is 4. The van der Waals surface area contributed by atoms with Crippen molar-refractivity contribution in [3.8, 4) is 0 Å². The van der Waals surface area contributed by atoms with Crippen molar-refractivity contribution in [2.75, 3.05) is 6.61 Å². The second-order valence-electron chi connectivity index (χ2n) is 5.78. The van der Waals surface area contributed by atoms with E-state index in [0.29, 0.717) is 6.04 Å². The van der Waals surface area contributed by atoms with Gasteiger partial charge >= 0.3 is 0 Å². The molecule has 106 valence electrons. The minimum Gasteiger partial charge on any atom is -0.375 e. The summed E-state index contributed by atoms with van der Waals surface area (Å²) in [5.41, 5.74) is 1.13. The van der Waals surface area contributed by atoms with E-state index in [-0.39, 0.29) is 17.5 Å². The highest BCUT2D eigenvalue weighted by atomic mass is 19.1. The van der Waals surface area contributed by atoms with Crippen molar-refractivity contribution in [1.29, 1.82) is 0 Å². The Balaban J connectivity index is 1.95. The first-order valence-corrected chi connectivity index (χ1v) is 7.18. The Morgan fingerprint density at radius 2 is 2.11 bits per heavy atom. The molecule has 1 aliphatic heterocycles. The quantitative estimate of drug-likeness (QED) is 0.893. The molecule has 1 aliphatic rings. The Labute approximate surface area is 115 Å². The van der Waals surface area contributed by atoms with Gasteiger partial charge in [-0.1, -0.05) is 19.1 Å². The van der Waals surface area contributed by atoms with Crippen molar-refractivity contribution < 1.29 is 9.13 Å². The molecule has 0 bridgehead atoms. The van der Waals surface area contributed by atoms with E-state index in [4.69, 9.17) is 4.74 Å². The molecule has 3 heteroatoms. The van der Waals surface area contributed by atoms with Gasteiger partial charge in [-0.05, 0) is 50.8 Å². The maximum atomic E-state index is 12.9. The Bertz CT molecular complexity index is 406. The summed E-state index contributed by atoms with van der Waals surface area (Å²) < 4.78 is 18.8. The Morgan fingerprint density at radius 3 is 2.74 bits per heavy atom. The molecule has 1 saturated heterocycles. The highest BCUT2D eigenvalue weighted by molar-refractivity contribution is 5.19. The minimum atomic E-state index is -0.180. The zero-order valence-corrected chi connectivity index (χ0v) is 12.1. The molecular formula is C16H24FNO. The molecule has 1 fully saturated rings. The number of benzene rings is 1. The Kier molecular flexibility index (Phi) is 4.58. The van der Waals surface area contributed by atoms with Crippen LogP contribution in [0.15, 0.2) is 24.3 Å². The molecule has 2 unspecified atom stereocenters. The minimum absolute atomic E-state index is 0.00155. The fraction of sp³-hybridized carbons (Fsp3) is 0.625. The SMILES string of the molecule is CCC1(C)CC(N[C@@H](C)c2ccc(F)cc2)CCO1. The molecule has 2 nitrogen and oxygen atoms in total. The maximum Gasteiger partial charge on any atom is 0.123 e. The van der Waals surface area contributed by atoms with Crippen molar-refractivity contribution in [3.05, 3.63) is 35.6 Å². The third-order valence-corrected chi connectivity index (χ3v) is 4.20. The van der Waals surface area contributed by atoms with Crippen LogP contribution in [-0.2, 0) is 4.74 Å². The zero-order chi connectivity index (χ0) is 13.9. The molecule has 2 rings (SSSR count). The lowest BCUT2D eigenvalue weighted by Gasteiger charge is -2.39. The normalized spacial score (nSPS) is 29.2. The molecule has 1 aromatic rings. The second kappa shape index (κ2) is 6.02. The molecule has 0 radical (unpaired) electrons. The molecule has 0 spiro atoms. The number of halogens is 1. The Morgan fingerprint density at radius 1 is 1.42 bits per heavy atom. The van der Waals surface area contributed by atoms with Crippen molar-refractivity contribution in [2.45, 2.75) is 57.7 Å². The van der Waals surface area contributed by atoms with Crippen LogP contribution in [0.5, 0.6) is 0 Å². The first-order chi connectivity index (χ1) is 9.02. The van der Waals surface area contributed by atoms with Gasteiger partial charge in [0.2, 0.25) is 0 Å². The van der Waals surface area contributed by atoms with E-state index < -0.39 is 0 Å². The number of nitrogens with one attached hydrogen (secondary N) is 1. The van der Waals surface area contributed by atoms with Crippen molar-refractivity contribution in [2.24, 2.45) is 0 Å². The third-order valence-electron chi connectivity index (χ3n) is 4.20. The van der Waals surface area contributed by atoms with Crippen LogP contribution in [0, 0.1) is 5.82 Å². The average molecular weight is 265 g/mol. The molecule has 0 saturated carbocycles. The lowest BCUT2D eigenvalue weighted by atomic mass is 9.89. The number of ether oxygens (including phenoxy) is 1. The van der Waals surface area contributed by atoms with Gasteiger partial charge in [-0.2, -0.15) is 0 Å². The average Bonchev–Trinajstić information content (AvgIpc) is 2.39. The summed E-state index contributed by atoms with van der Waals surface area (Å²) in [5.74, 6) is -0.180. The largest absolute Gasteiger partial charge is 0.375 e. The maximum absolute atomic E-state index is 12.9. The lowest BCUT2D eigenvalue weighted by Crippen LogP contribution is -2.45. The van der Waals surface area contributed by atoms with Crippen molar-refractivity contribution in [3.63, 3.8) is 0 Å². The van der Waals surface area contributed by atoms with E-state index in [1.807, 2.05) is 12.1 Å². The molecule has 0 aliphatic carbocycles. The van der Waals surface area contributed by atoms with Gasteiger partial charge in [0.25, 0.3) is 0 Å².